The topological polar surface area (TPSA) is 96.0 Å². The number of nitrogens with one attached hydrogen (secondary N) is 1. The first-order chi connectivity index (χ1) is 16.0. The Labute approximate surface area is 196 Å². The number of benzene rings is 2. The molecule has 1 aromatic heterocycles. The van der Waals surface area contributed by atoms with Gasteiger partial charge in [0.25, 0.3) is 5.91 Å². The van der Waals surface area contributed by atoms with Gasteiger partial charge in [-0.25, -0.2) is 4.98 Å². The van der Waals surface area contributed by atoms with Crippen molar-refractivity contribution in [3.8, 4) is 27.8 Å². The Balaban J connectivity index is 1.49. The summed E-state index contributed by atoms with van der Waals surface area (Å²) >= 11 is 1.43. The quantitative estimate of drug-likeness (QED) is 0.422. The summed E-state index contributed by atoms with van der Waals surface area (Å²) in [5.41, 5.74) is 1.93. The number of nitrogens with zero attached hydrogens (tertiary/aromatic N) is 1. The third kappa shape index (κ3) is 6.69. The summed E-state index contributed by atoms with van der Waals surface area (Å²) in [6, 6.07) is 12.3. The molecule has 1 N–H and O–H groups in total. The number of hydrogen-bond acceptors (Lipinski definition) is 8. The smallest absolute Gasteiger partial charge is 0.325 e. The van der Waals surface area contributed by atoms with Gasteiger partial charge in [-0.3, -0.25) is 9.59 Å². The van der Waals surface area contributed by atoms with E-state index < -0.39 is 5.97 Å². The second kappa shape index (κ2) is 11.9. The standard InChI is InChI=1S/C24H26N2O6S/c1-4-30-19-9-6-16(7-10-19)23(28)25-13-22(27)32-14-18-15-33-24(26-18)17-8-11-20(31-5-2)21(12-17)29-3/h6-12,15H,4-5,13-14H2,1-3H3,(H,25,28). The molecule has 0 saturated carbocycles. The molecular formula is C24H26N2O6S. The van der Waals surface area contributed by atoms with E-state index in [-0.39, 0.29) is 19.1 Å². The summed E-state index contributed by atoms with van der Waals surface area (Å²) in [4.78, 5) is 28.7. The molecule has 8 nitrogen and oxygen atoms in total. The molecule has 0 saturated heterocycles. The molecule has 0 aliphatic heterocycles. The van der Waals surface area contributed by atoms with Crippen molar-refractivity contribution >= 4 is 23.2 Å². The summed E-state index contributed by atoms with van der Waals surface area (Å²) in [5, 5.41) is 5.14. The van der Waals surface area contributed by atoms with Crippen LogP contribution in [0.5, 0.6) is 17.2 Å². The Hall–Kier alpha value is -3.59. The van der Waals surface area contributed by atoms with E-state index in [1.54, 1.807) is 31.4 Å². The Morgan fingerprint density at radius 1 is 1.00 bits per heavy atom. The summed E-state index contributed by atoms with van der Waals surface area (Å²) < 4.78 is 21.5. The number of hydrogen-bond donors (Lipinski definition) is 1. The third-order valence-corrected chi connectivity index (χ3v) is 5.40. The van der Waals surface area contributed by atoms with Gasteiger partial charge in [0, 0.05) is 16.5 Å². The number of esters is 1. The highest BCUT2D eigenvalue weighted by molar-refractivity contribution is 7.13. The van der Waals surface area contributed by atoms with Gasteiger partial charge in [0.05, 0.1) is 26.0 Å². The summed E-state index contributed by atoms with van der Waals surface area (Å²) in [6.45, 7) is 4.67. The van der Waals surface area contributed by atoms with Crippen LogP contribution in [0.1, 0.15) is 29.9 Å². The van der Waals surface area contributed by atoms with Crippen molar-refractivity contribution in [1.29, 1.82) is 0 Å². The fourth-order valence-electron chi connectivity index (χ4n) is 2.91. The fourth-order valence-corrected chi connectivity index (χ4v) is 3.71. The molecular weight excluding hydrogens is 444 g/mol. The molecule has 33 heavy (non-hydrogen) atoms. The minimum Gasteiger partial charge on any atom is -0.494 e. The predicted octanol–water partition coefficient (Wildman–Crippen LogP) is 4.09. The lowest BCUT2D eigenvalue weighted by molar-refractivity contribution is -0.143. The van der Waals surface area contributed by atoms with Crippen LogP contribution in [0.4, 0.5) is 0 Å². The van der Waals surface area contributed by atoms with E-state index in [0.29, 0.717) is 41.7 Å². The van der Waals surface area contributed by atoms with Crippen LogP contribution >= 0.6 is 11.3 Å². The highest BCUT2D eigenvalue weighted by Crippen LogP contribution is 2.33. The molecule has 0 spiro atoms. The van der Waals surface area contributed by atoms with Gasteiger partial charge in [-0.05, 0) is 56.3 Å². The van der Waals surface area contributed by atoms with Gasteiger partial charge in [-0.15, -0.1) is 11.3 Å². The molecule has 0 aliphatic rings. The molecule has 0 fully saturated rings. The van der Waals surface area contributed by atoms with Crippen molar-refractivity contribution in [3.05, 3.63) is 59.1 Å². The molecule has 1 amide bonds. The van der Waals surface area contributed by atoms with E-state index in [4.69, 9.17) is 18.9 Å². The fraction of sp³-hybridized carbons (Fsp3) is 0.292. The lowest BCUT2D eigenvalue weighted by Gasteiger charge is -2.10. The van der Waals surface area contributed by atoms with Gasteiger partial charge in [-0.1, -0.05) is 0 Å². The number of ether oxygens (including phenoxy) is 4. The van der Waals surface area contributed by atoms with Gasteiger partial charge < -0.3 is 24.3 Å². The highest BCUT2D eigenvalue weighted by Gasteiger charge is 2.13. The van der Waals surface area contributed by atoms with Gasteiger partial charge >= 0.3 is 5.97 Å². The van der Waals surface area contributed by atoms with Gasteiger partial charge in [0.2, 0.25) is 0 Å². The molecule has 0 atom stereocenters. The Morgan fingerprint density at radius 3 is 2.45 bits per heavy atom. The van der Waals surface area contributed by atoms with Crippen LogP contribution in [0.15, 0.2) is 47.8 Å². The van der Waals surface area contributed by atoms with Crippen molar-refractivity contribution in [3.63, 3.8) is 0 Å². The van der Waals surface area contributed by atoms with Crippen molar-refractivity contribution in [2.24, 2.45) is 0 Å². The van der Waals surface area contributed by atoms with Crippen LogP contribution in [0, 0.1) is 0 Å². The Bertz CT molecular complexity index is 1080. The molecule has 0 aliphatic carbocycles. The number of thiazole rings is 1. The largest absolute Gasteiger partial charge is 0.494 e. The van der Waals surface area contributed by atoms with Gasteiger partial charge in [-0.2, -0.15) is 0 Å². The second-order valence-corrected chi connectivity index (χ2v) is 7.60. The minimum atomic E-state index is -0.549. The average molecular weight is 471 g/mol. The number of aromatic nitrogens is 1. The molecule has 0 radical (unpaired) electrons. The maximum Gasteiger partial charge on any atom is 0.325 e. The summed E-state index contributed by atoms with van der Waals surface area (Å²) in [6.07, 6.45) is 0. The Morgan fingerprint density at radius 2 is 1.76 bits per heavy atom. The first-order valence-electron chi connectivity index (χ1n) is 10.5. The first kappa shape index (κ1) is 24.1. The number of amides is 1. The summed E-state index contributed by atoms with van der Waals surface area (Å²) in [7, 11) is 1.59. The van der Waals surface area contributed by atoms with Gasteiger partial charge in [0.1, 0.15) is 23.9 Å². The van der Waals surface area contributed by atoms with Crippen molar-refractivity contribution < 1.29 is 28.5 Å². The van der Waals surface area contributed by atoms with Crippen molar-refractivity contribution in [1.82, 2.24) is 10.3 Å². The highest BCUT2D eigenvalue weighted by atomic mass is 32.1. The number of rotatable bonds is 11. The van der Waals surface area contributed by atoms with Crippen LogP contribution in [0.25, 0.3) is 10.6 Å². The normalized spacial score (nSPS) is 10.4. The van der Waals surface area contributed by atoms with E-state index in [1.807, 2.05) is 37.4 Å². The van der Waals surface area contributed by atoms with Crippen LogP contribution < -0.4 is 19.5 Å². The lowest BCUT2D eigenvalue weighted by Crippen LogP contribution is -2.30. The van der Waals surface area contributed by atoms with Crippen LogP contribution in [-0.4, -0.2) is 43.7 Å². The van der Waals surface area contributed by atoms with Crippen molar-refractivity contribution in [2.45, 2.75) is 20.5 Å². The molecule has 1 heterocycles. The third-order valence-electron chi connectivity index (χ3n) is 4.46. The molecule has 3 rings (SSSR count). The van der Waals surface area contributed by atoms with E-state index in [2.05, 4.69) is 10.3 Å². The molecule has 2 aromatic carbocycles. The van der Waals surface area contributed by atoms with Crippen LogP contribution in [-0.2, 0) is 16.1 Å². The maximum atomic E-state index is 12.2. The number of carbonyl (C=O) groups excluding carboxylic acids is 2. The lowest BCUT2D eigenvalue weighted by atomic mass is 10.2. The first-order valence-corrected chi connectivity index (χ1v) is 11.3. The SMILES string of the molecule is CCOc1ccc(C(=O)NCC(=O)OCc2csc(-c3ccc(OCC)c(OC)c3)n2)cc1. The average Bonchev–Trinajstić information content (AvgIpc) is 3.31. The predicted molar refractivity (Wildman–Crippen MR) is 125 cm³/mol. The van der Waals surface area contributed by atoms with E-state index >= 15 is 0 Å². The molecule has 0 bridgehead atoms. The van der Waals surface area contributed by atoms with Crippen LogP contribution in [0.2, 0.25) is 0 Å². The Kier molecular flexibility index (Phi) is 8.65. The second-order valence-electron chi connectivity index (χ2n) is 6.74. The molecule has 9 heteroatoms. The van der Waals surface area contributed by atoms with E-state index in [1.165, 1.54) is 11.3 Å². The van der Waals surface area contributed by atoms with E-state index in [9.17, 15) is 9.59 Å². The molecule has 174 valence electrons. The maximum absolute atomic E-state index is 12.2. The summed E-state index contributed by atoms with van der Waals surface area (Å²) in [5.74, 6) is 1.06. The zero-order valence-corrected chi connectivity index (χ0v) is 19.6. The van der Waals surface area contributed by atoms with E-state index in [0.717, 1.165) is 10.6 Å². The minimum absolute atomic E-state index is 0.0163. The van der Waals surface area contributed by atoms with Crippen LogP contribution in [0.3, 0.4) is 0 Å². The number of carbonyl (C=O) groups is 2. The number of methoxy groups -OCH3 is 1. The zero-order chi connectivity index (χ0) is 23.6. The monoisotopic (exact) mass is 470 g/mol. The zero-order valence-electron chi connectivity index (χ0n) is 18.8. The van der Waals surface area contributed by atoms with Gasteiger partial charge in [0.15, 0.2) is 11.5 Å². The molecule has 0 unspecified atom stereocenters. The van der Waals surface area contributed by atoms with Crippen molar-refractivity contribution in [2.75, 3.05) is 26.9 Å². The molecule has 3 aromatic rings.